The Morgan fingerprint density at radius 2 is 2.20 bits per heavy atom. The third-order valence-electron chi connectivity index (χ3n) is 3.37. The predicted molar refractivity (Wildman–Crippen MR) is 85.1 cm³/mol. The number of carbonyl (C=O) groups is 1. The van der Waals surface area contributed by atoms with Gasteiger partial charge < -0.3 is 14.7 Å². The SMILES string of the molecule is Cc1cn([C@H]2C=C[C@@H](COP(=O)(O)N[C@H](C)C(=O)O)O2)c(=O)[nH]c1=O. The molecule has 1 unspecified atom stereocenters. The van der Waals surface area contributed by atoms with Crippen LogP contribution in [0.2, 0.25) is 0 Å². The first-order valence-electron chi connectivity index (χ1n) is 7.23. The number of nitrogens with one attached hydrogen (secondary N) is 2. The van der Waals surface area contributed by atoms with Gasteiger partial charge >= 0.3 is 19.4 Å². The largest absolute Gasteiger partial charge is 0.480 e. The van der Waals surface area contributed by atoms with Gasteiger partial charge in [0.15, 0.2) is 6.23 Å². The van der Waals surface area contributed by atoms with Gasteiger partial charge in [-0.1, -0.05) is 6.08 Å². The first-order valence-corrected chi connectivity index (χ1v) is 8.80. The molecule has 4 N–H and O–H groups in total. The molecule has 1 aliphatic heterocycles. The van der Waals surface area contributed by atoms with Crippen LogP contribution in [0.25, 0.3) is 0 Å². The lowest BCUT2D eigenvalue weighted by molar-refractivity contribution is -0.138. The zero-order valence-electron chi connectivity index (χ0n) is 13.4. The highest BCUT2D eigenvalue weighted by Gasteiger charge is 2.29. The first kappa shape index (κ1) is 19.3. The van der Waals surface area contributed by atoms with Crippen molar-refractivity contribution in [2.24, 2.45) is 0 Å². The highest BCUT2D eigenvalue weighted by atomic mass is 31.2. The fourth-order valence-electron chi connectivity index (χ4n) is 2.03. The van der Waals surface area contributed by atoms with Crippen molar-refractivity contribution in [2.45, 2.75) is 32.2 Å². The number of H-pyrrole nitrogens is 1. The minimum atomic E-state index is -4.33. The fourth-order valence-corrected chi connectivity index (χ4v) is 3.05. The summed E-state index contributed by atoms with van der Waals surface area (Å²) in [5.74, 6) is -1.30. The molecule has 1 aliphatic rings. The first-order chi connectivity index (χ1) is 11.6. The van der Waals surface area contributed by atoms with Crippen LogP contribution in [0.15, 0.2) is 27.9 Å². The number of carboxylic acid groups (broad SMARTS) is 1. The van der Waals surface area contributed by atoms with E-state index in [1.165, 1.54) is 32.2 Å². The Morgan fingerprint density at radius 1 is 1.52 bits per heavy atom. The van der Waals surface area contributed by atoms with Crippen molar-refractivity contribution < 1.29 is 28.6 Å². The molecule has 0 saturated carbocycles. The highest BCUT2D eigenvalue weighted by molar-refractivity contribution is 7.50. The highest BCUT2D eigenvalue weighted by Crippen LogP contribution is 2.38. The molecular formula is C13H18N3O8P. The molecule has 0 radical (unpaired) electrons. The Morgan fingerprint density at radius 3 is 2.84 bits per heavy atom. The summed E-state index contributed by atoms with van der Waals surface area (Å²) < 4.78 is 23.2. The number of hydrogen-bond donors (Lipinski definition) is 4. The number of hydrogen-bond acceptors (Lipinski definition) is 6. The number of aromatic nitrogens is 2. The van der Waals surface area contributed by atoms with Crippen LogP contribution in [-0.2, 0) is 18.6 Å². The molecule has 2 rings (SSSR count). The smallest absolute Gasteiger partial charge is 0.403 e. The maximum Gasteiger partial charge on any atom is 0.403 e. The molecular weight excluding hydrogens is 357 g/mol. The van der Waals surface area contributed by atoms with Crippen LogP contribution in [0.3, 0.4) is 0 Å². The standard InChI is InChI=1S/C13H18N3O8P/c1-7-5-16(13(20)14-11(7)17)10-4-3-9(24-10)6-23-25(21,22)15-8(2)12(18)19/h3-5,8-10H,6H2,1-2H3,(H,18,19)(H,14,17,20)(H2,15,21,22)/t8-,9+,10-/m1/s1. The molecule has 0 amide bonds. The third kappa shape index (κ3) is 4.97. The summed E-state index contributed by atoms with van der Waals surface area (Å²) >= 11 is 0. The summed E-state index contributed by atoms with van der Waals surface area (Å²) in [6, 6.07) is -1.27. The molecule has 0 fully saturated rings. The normalized spacial score (nSPS) is 23.3. The van der Waals surface area contributed by atoms with E-state index in [-0.39, 0.29) is 6.61 Å². The number of aromatic amines is 1. The number of nitrogens with zero attached hydrogens (tertiary/aromatic N) is 1. The molecule has 0 saturated heterocycles. The molecule has 1 aromatic heterocycles. The van der Waals surface area contributed by atoms with Crippen LogP contribution < -0.4 is 16.3 Å². The zero-order valence-corrected chi connectivity index (χ0v) is 14.3. The molecule has 4 atom stereocenters. The molecule has 138 valence electrons. The van der Waals surface area contributed by atoms with Crippen molar-refractivity contribution in [3.63, 3.8) is 0 Å². The Hall–Kier alpha value is -2.04. The van der Waals surface area contributed by atoms with Gasteiger partial charge in [0.05, 0.1) is 6.61 Å². The van der Waals surface area contributed by atoms with Crippen LogP contribution in [0.1, 0.15) is 18.7 Å². The maximum atomic E-state index is 11.8. The second-order valence-electron chi connectivity index (χ2n) is 5.43. The van der Waals surface area contributed by atoms with Gasteiger partial charge in [-0.15, -0.1) is 0 Å². The average molecular weight is 375 g/mol. The van der Waals surface area contributed by atoms with Gasteiger partial charge in [-0.3, -0.25) is 23.7 Å². The van der Waals surface area contributed by atoms with E-state index in [1.54, 1.807) is 0 Å². The van der Waals surface area contributed by atoms with Crippen molar-refractivity contribution in [2.75, 3.05) is 6.61 Å². The monoisotopic (exact) mass is 375 g/mol. The van der Waals surface area contributed by atoms with Crippen LogP contribution in [0.4, 0.5) is 0 Å². The third-order valence-corrected chi connectivity index (χ3v) is 4.58. The number of aliphatic carboxylic acids is 1. The Bertz CT molecular complexity index is 844. The van der Waals surface area contributed by atoms with Gasteiger partial charge in [0.25, 0.3) is 5.56 Å². The second-order valence-corrected chi connectivity index (χ2v) is 6.99. The molecule has 0 spiro atoms. The average Bonchev–Trinajstić information content (AvgIpc) is 2.97. The van der Waals surface area contributed by atoms with Crippen molar-refractivity contribution in [3.8, 4) is 0 Å². The topological polar surface area (TPSA) is 160 Å². The van der Waals surface area contributed by atoms with Gasteiger partial charge in [0.2, 0.25) is 0 Å². The maximum absolute atomic E-state index is 11.8. The zero-order chi connectivity index (χ0) is 18.8. The Labute approximate surface area is 141 Å². The summed E-state index contributed by atoms with van der Waals surface area (Å²) in [5.41, 5.74) is -0.831. The Balaban J connectivity index is 1.96. The Kier molecular flexibility index (Phi) is 5.76. The van der Waals surface area contributed by atoms with Crippen molar-refractivity contribution in [3.05, 3.63) is 44.8 Å². The van der Waals surface area contributed by atoms with E-state index in [9.17, 15) is 23.8 Å². The summed E-state index contributed by atoms with van der Waals surface area (Å²) in [5, 5.41) is 10.7. The van der Waals surface area contributed by atoms with E-state index in [4.69, 9.17) is 14.4 Å². The van der Waals surface area contributed by atoms with E-state index in [2.05, 4.69) is 4.98 Å². The van der Waals surface area contributed by atoms with Gasteiger partial charge in [0.1, 0.15) is 12.1 Å². The summed E-state index contributed by atoms with van der Waals surface area (Å²) in [4.78, 5) is 45.6. The molecule has 2 heterocycles. The quantitative estimate of drug-likeness (QED) is 0.363. The van der Waals surface area contributed by atoms with Crippen LogP contribution >= 0.6 is 7.75 Å². The molecule has 25 heavy (non-hydrogen) atoms. The second kappa shape index (κ2) is 7.46. The van der Waals surface area contributed by atoms with E-state index in [0.29, 0.717) is 5.56 Å². The lowest BCUT2D eigenvalue weighted by atomic mass is 10.3. The number of rotatable bonds is 7. The summed E-state index contributed by atoms with van der Waals surface area (Å²) in [6.45, 7) is 2.39. The van der Waals surface area contributed by atoms with E-state index in [1.807, 2.05) is 5.09 Å². The molecule has 0 aliphatic carbocycles. The van der Waals surface area contributed by atoms with E-state index in [0.717, 1.165) is 4.57 Å². The minimum absolute atomic E-state index is 0.322. The number of ether oxygens (including phenoxy) is 1. The van der Waals surface area contributed by atoms with Gasteiger partial charge in [0, 0.05) is 11.8 Å². The van der Waals surface area contributed by atoms with Crippen LogP contribution in [-0.4, -0.2) is 44.3 Å². The van der Waals surface area contributed by atoms with Gasteiger partial charge in [-0.05, 0) is 19.9 Å². The number of carboxylic acids is 1. The van der Waals surface area contributed by atoms with Crippen LogP contribution in [0.5, 0.6) is 0 Å². The lowest BCUT2D eigenvalue weighted by Gasteiger charge is -2.19. The molecule has 0 bridgehead atoms. The molecule has 12 heteroatoms. The van der Waals surface area contributed by atoms with E-state index < -0.39 is 43.3 Å². The van der Waals surface area contributed by atoms with Crippen molar-refractivity contribution >= 4 is 13.7 Å². The fraction of sp³-hybridized carbons (Fsp3) is 0.462. The summed E-state index contributed by atoms with van der Waals surface area (Å²) in [6.07, 6.45) is 2.86. The molecule has 0 aromatic carbocycles. The predicted octanol–water partition coefficient (Wildman–Crippen LogP) is -0.522. The van der Waals surface area contributed by atoms with Crippen molar-refractivity contribution in [1.29, 1.82) is 0 Å². The molecule has 1 aromatic rings. The van der Waals surface area contributed by atoms with Gasteiger partial charge in [-0.25, -0.2) is 14.4 Å². The number of aryl methyl sites for hydroxylation is 1. The summed E-state index contributed by atoms with van der Waals surface area (Å²) in [7, 11) is -4.33. The lowest BCUT2D eigenvalue weighted by Crippen LogP contribution is -2.34. The van der Waals surface area contributed by atoms with Crippen molar-refractivity contribution in [1.82, 2.24) is 14.6 Å². The minimum Gasteiger partial charge on any atom is -0.480 e. The van der Waals surface area contributed by atoms with Crippen LogP contribution in [0, 0.1) is 6.92 Å². The van der Waals surface area contributed by atoms with E-state index >= 15 is 0 Å². The van der Waals surface area contributed by atoms with Gasteiger partial charge in [-0.2, -0.15) is 0 Å². The molecule has 11 nitrogen and oxygen atoms in total.